The number of halogens is 1. The van der Waals surface area contributed by atoms with Crippen LogP contribution in [0.15, 0.2) is 24.3 Å². The molecule has 1 aromatic rings. The molecule has 1 N–H and O–H groups in total. The van der Waals surface area contributed by atoms with Crippen LogP contribution in [0, 0.1) is 11.8 Å². The van der Waals surface area contributed by atoms with Crippen molar-refractivity contribution in [3.8, 4) is 0 Å². The van der Waals surface area contributed by atoms with Gasteiger partial charge in [0.05, 0.1) is 0 Å². The molecule has 1 atom stereocenters. The Bertz CT molecular complexity index is 309. The number of hydrogen-bond donors (Lipinski definition) is 1. The molecule has 2 heteroatoms. The third-order valence-corrected chi connectivity index (χ3v) is 3.25. The predicted molar refractivity (Wildman–Crippen MR) is 69.8 cm³/mol. The molecular formula is C14H21ClO. The standard InChI is InChI=1S/C14H21ClO/c1-11(2)7-8-12(10-16)9-13-5-3-4-6-14(13)15/h3-6,11-12,16H,7-10H2,1-2H3. The van der Waals surface area contributed by atoms with Gasteiger partial charge in [0.25, 0.3) is 0 Å². The van der Waals surface area contributed by atoms with Crippen LogP contribution in [0.2, 0.25) is 5.02 Å². The van der Waals surface area contributed by atoms with Gasteiger partial charge in [-0.05, 0) is 36.3 Å². The van der Waals surface area contributed by atoms with Crippen LogP contribution in [0.5, 0.6) is 0 Å². The van der Waals surface area contributed by atoms with Crippen molar-refractivity contribution in [1.82, 2.24) is 0 Å². The summed E-state index contributed by atoms with van der Waals surface area (Å²) >= 11 is 6.11. The zero-order valence-corrected chi connectivity index (χ0v) is 10.9. The quantitative estimate of drug-likeness (QED) is 0.799. The summed E-state index contributed by atoms with van der Waals surface area (Å²) < 4.78 is 0. The van der Waals surface area contributed by atoms with Gasteiger partial charge in [0.1, 0.15) is 0 Å². The summed E-state index contributed by atoms with van der Waals surface area (Å²) in [4.78, 5) is 0. The topological polar surface area (TPSA) is 20.2 Å². The number of rotatable bonds is 6. The highest BCUT2D eigenvalue weighted by Gasteiger charge is 2.11. The highest BCUT2D eigenvalue weighted by Crippen LogP contribution is 2.22. The van der Waals surface area contributed by atoms with Crippen molar-refractivity contribution >= 4 is 11.6 Å². The minimum absolute atomic E-state index is 0.248. The van der Waals surface area contributed by atoms with E-state index in [1.54, 1.807) is 0 Å². The first-order valence-corrected chi connectivity index (χ1v) is 6.35. The highest BCUT2D eigenvalue weighted by molar-refractivity contribution is 6.31. The molecule has 1 nitrogen and oxygen atoms in total. The molecule has 0 aliphatic rings. The Hall–Kier alpha value is -0.530. The average Bonchev–Trinajstić information content (AvgIpc) is 2.26. The van der Waals surface area contributed by atoms with Gasteiger partial charge in [0.2, 0.25) is 0 Å². The second-order valence-electron chi connectivity index (χ2n) is 4.82. The van der Waals surface area contributed by atoms with E-state index in [2.05, 4.69) is 13.8 Å². The Morgan fingerprint density at radius 2 is 1.88 bits per heavy atom. The summed E-state index contributed by atoms with van der Waals surface area (Å²) in [6, 6.07) is 7.89. The molecule has 0 aromatic heterocycles. The van der Waals surface area contributed by atoms with Crippen LogP contribution >= 0.6 is 11.6 Å². The molecule has 1 aromatic carbocycles. The maximum atomic E-state index is 9.35. The molecule has 1 rings (SSSR count). The van der Waals surface area contributed by atoms with Gasteiger partial charge in [-0.25, -0.2) is 0 Å². The van der Waals surface area contributed by atoms with E-state index < -0.39 is 0 Å². The predicted octanol–water partition coefficient (Wildman–Crippen LogP) is 3.93. The fourth-order valence-electron chi connectivity index (χ4n) is 1.80. The van der Waals surface area contributed by atoms with Gasteiger partial charge in [-0.1, -0.05) is 50.1 Å². The first kappa shape index (κ1) is 13.5. The van der Waals surface area contributed by atoms with Crippen molar-refractivity contribution in [2.75, 3.05) is 6.61 Å². The number of benzene rings is 1. The molecule has 0 radical (unpaired) electrons. The van der Waals surface area contributed by atoms with Crippen LogP contribution < -0.4 is 0 Å². The lowest BCUT2D eigenvalue weighted by Gasteiger charge is -2.16. The molecule has 1 unspecified atom stereocenters. The monoisotopic (exact) mass is 240 g/mol. The van der Waals surface area contributed by atoms with Gasteiger partial charge in [-0.15, -0.1) is 0 Å². The van der Waals surface area contributed by atoms with Crippen LogP contribution in [-0.2, 0) is 6.42 Å². The lowest BCUT2D eigenvalue weighted by atomic mass is 9.92. The first-order chi connectivity index (χ1) is 7.63. The summed E-state index contributed by atoms with van der Waals surface area (Å²) in [7, 11) is 0. The molecule has 0 spiro atoms. The molecular weight excluding hydrogens is 220 g/mol. The van der Waals surface area contributed by atoms with E-state index in [0.29, 0.717) is 11.8 Å². The van der Waals surface area contributed by atoms with Crippen LogP contribution in [-0.4, -0.2) is 11.7 Å². The number of aliphatic hydroxyl groups excluding tert-OH is 1. The number of hydrogen-bond acceptors (Lipinski definition) is 1. The molecule has 0 saturated heterocycles. The maximum Gasteiger partial charge on any atom is 0.0462 e. The summed E-state index contributed by atoms with van der Waals surface area (Å²) in [5.41, 5.74) is 1.15. The summed E-state index contributed by atoms with van der Waals surface area (Å²) in [6.07, 6.45) is 3.11. The number of aliphatic hydroxyl groups is 1. The Morgan fingerprint density at radius 3 is 2.44 bits per heavy atom. The lowest BCUT2D eigenvalue weighted by Crippen LogP contribution is -2.11. The van der Waals surface area contributed by atoms with Crippen molar-refractivity contribution < 1.29 is 5.11 Å². The minimum atomic E-state index is 0.248. The fourth-order valence-corrected chi connectivity index (χ4v) is 2.01. The van der Waals surface area contributed by atoms with Gasteiger partial charge < -0.3 is 5.11 Å². The third-order valence-electron chi connectivity index (χ3n) is 2.88. The van der Waals surface area contributed by atoms with Crippen LogP contribution in [0.3, 0.4) is 0 Å². The Labute approximate surface area is 103 Å². The van der Waals surface area contributed by atoms with Crippen molar-refractivity contribution in [3.63, 3.8) is 0 Å². The molecule has 90 valence electrons. The lowest BCUT2D eigenvalue weighted by molar-refractivity contribution is 0.211. The zero-order chi connectivity index (χ0) is 12.0. The second-order valence-corrected chi connectivity index (χ2v) is 5.22. The molecule has 16 heavy (non-hydrogen) atoms. The SMILES string of the molecule is CC(C)CCC(CO)Cc1ccccc1Cl. The maximum absolute atomic E-state index is 9.35. The van der Waals surface area contributed by atoms with Crippen molar-refractivity contribution in [2.45, 2.75) is 33.1 Å². The molecule has 0 aliphatic carbocycles. The third kappa shape index (κ3) is 4.54. The smallest absolute Gasteiger partial charge is 0.0462 e. The van der Waals surface area contributed by atoms with Gasteiger partial charge in [-0.3, -0.25) is 0 Å². The van der Waals surface area contributed by atoms with E-state index >= 15 is 0 Å². The van der Waals surface area contributed by atoms with E-state index in [9.17, 15) is 5.11 Å². The summed E-state index contributed by atoms with van der Waals surface area (Å²) in [5, 5.41) is 10.2. The van der Waals surface area contributed by atoms with E-state index in [-0.39, 0.29) is 6.61 Å². The van der Waals surface area contributed by atoms with Crippen LogP contribution in [0.4, 0.5) is 0 Å². The van der Waals surface area contributed by atoms with Crippen molar-refractivity contribution in [1.29, 1.82) is 0 Å². The van der Waals surface area contributed by atoms with Crippen LogP contribution in [0.25, 0.3) is 0 Å². The largest absolute Gasteiger partial charge is 0.396 e. The average molecular weight is 241 g/mol. The van der Waals surface area contributed by atoms with Crippen LogP contribution in [0.1, 0.15) is 32.3 Å². The van der Waals surface area contributed by atoms with E-state index in [0.717, 1.165) is 29.8 Å². The van der Waals surface area contributed by atoms with Gasteiger partial charge in [-0.2, -0.15) is 0 Å². The molecule has 0 fully saturated rings. The first-order valence-electron chi connectivity index (χ1n) is 5.97. The van der Waals surface area contributed by atoms with Crippen molar-refractivity contribution in [3.05, 3.63) is 34.9 Å². The van der Waals surface area contributed by atoms with E-state index in [1.807, 2.05) is 24.3 Å². The van der Waals surface area contributed by atoms with Gasteiger partial charge >= 0.3 is 0 Å². The van der Waals surface area contributed by atoms with Gasteiger partial charge in [0, 0.05) is 11.6 Å². The Morgan fingerprint density at radius 1 is 1.19 bits per heavy atom. The van der Waals surface area contributed by atoms with E-state index in [1.165, 1.54) is 0 Å². The molecule has 0 heterocycles. The summed E-state index contributed by atoms with van der Waals surface area (Å²) in [6.45, 7) is 4.67. The molecule has 0 aliphatic heterocycles. The molecule has 0 saturated carbocycles. The normalized spacial score (nSPS) is 13.1. The highest BCUT2D eigenvalue weighted by atomic mass is 35.5. The Kier molecular flexibility index (Phi) is 5.86. The Balaban J connectivity index is 2.53. The van der Waals surface area contributed by atoms with Gasteiger partial charge in [0.15, 0.2) is 0 Å². The fraction of sp³-hybridized carbons (Fsp3) is 0.571. The van der Waals surface area contributed by atoms with E-state index in [4.69, 9.17) is 11.6 Å². The molecule has 0 amide bonds. The van der Waals surface area contributed by atoms with Crippen molar-refractivity contribution in [2.24, 2.45) is 11.8 Å². The zero-order valence-electron chi connectivity index (χ0n) is 10.1. The molecule has 0 bridgehead atoms. The second kappa shape index (κ2) is 6.93. The minimum Gasteiger partial charge on any atom is -0.396 e. The summed E-state index contributed by atoms with van der Waals surface area (Å²) in [5.74, 6) is 1.03.